The van der Waals surface area contributed by atoms with Crippen molar-refractivity contribution in [2.45, 2.75) is 46.5 Å². The molecule has 0 aliphatic carbocycles. The lowest BCUT2D eigenvalue weighted by Gasteiger charge is -2.23. The third kappa shape index (κ3) is 6.20. The van der Waals surface area contributed by atoms with E-state index < -0.39 is 0 Å². The van der Waals surface area contributed by atoms with Crippen LogP contribution in [-0.4, -0.2) is 13.1 Å². The maximum Gasteiger partial charge on any atom is 0.293 e. The van der Waals surface area contributed by atoms with Gasteiger partial charge < -0.3 is 4.74 Å². The molecule has 0 heterocycles. The molecule has 0 rings (SSSR count). The standard InChI is InChI=1S/C10H20O2/c1-4-5-6-10(2,3)7-8-12-9-11/h9H,4-8H2,1-3H3. The van der Waals surface area contributed by atoms with Gasteiger partial charge in [-0.1, -0.05) is 33.6 Å². The van der Waals surface area contributed by atoms with Crippen molar-refractivity contribution >= 4 is 6.47 Å². The van der Waals surface area contributed by atoms with Crippen molar-refractivity contribution in [2.24, 2.45) is 5.41 Å². The summed E-state index contributed by atoms with van der Waals surface area (Å²) in [4.78, 5) is 9.88. The second-order valence-electron chi connectivity index (χ2n) is 3.98. The van der Waals surface area contributed by atoms with Gasteiger partial charge in [-0.25, -0.2) is 0 Å². The summed E-state index contributed by atoms with van der Waals surface area (Å²) in [6.45, 7) is 7.71. The minimum Gasteiger partial charge on any atom is -0.468 e. The first-order valence-electron chi connectivity index (χ1n) is 4.67. The van der Waals surface area contributed by atoms with Crippen molar-refractivity contribution in [3.8, 4) is 0 Å². The number of unbranched alkanes of at least 4 members (excludes halogenated alkanes) is 1. The van der Waals surface area contributed by atoms with Gasteiger partial charge >= 0.3 is 0 Å². The molecule has 12 heavy (non-hydrogen) atoms. The van der Waals surface area contributed by atoms with Crippen LogP contribution in [0.5, 0.6) is 0 Å². The van der Waals surface area contributed by atoms with Gasteiger partial charge in [0, 0.05) is 0 Å². The summed E-state index contributed by atoms with van der Waals surface area (Å²) in [7, 11) is 0. The molecule has 0 aromatic heterocycles. The highest BCUT2D eigenvalue weighted by Gasteiger charge is 2.16. The van der Waals surface area contributed by atoms with Gasteiger partial charge in [-0.3, -0.25) is 4.79 Å². The van der Waals surface area contributed by atoms with E-state index in [0.717, 1.165) is 6.42 Å². The Kier molecular flexibility index (Phi) is 5.77. The summed E-state index contributed by atoms with van der Waals surface area (Å²) in [5, 5.41) is 0. The molecule has 72 valence electrons. The fourth-order valence-corrected chi connectivity index (χ4v) is 1.16. The van der Waals surface area contributed by atoms with E-state index in [1.54, 1.807) is 0 Å². The van der Waals surface area contributed by atoms with E-state index in [-0.39, 0.29) is 0 Å². The second-order valence-corrected chi connectivity index (χ2v) is 3.98. The molecule has 0 saturated carbocycles. The molecule has 0 atom stereocenters. The van der Waals surface area contributed by atoms with E-state index in [9.17, 15) is 4.79 Å². The van der Waals surface area contributed by atoms with E-state index in [4.69, 9.17) is 0 Å². The Morgan fingerprint density at radius 2 is 2.00 bits per heavy atom. The normalized spacial score (nSPS) is 11.2. The lowest BCUT2D eigenvalue weighted by Crippen LogP contribution is -2.14. The first kappa shape index (κ1) is 11.5. The van der Waals surface area contributed by atoms with Gasteiger partial charge in [0.25, 0.3) is 6.47 Å². The summed E-state index contributed by atoms with van der Waals surface area (Å²) < 4.78 is 4.67. The highest BCUT2D eigenvalue weighted by Crippen LogP contribution is 2.26. The van der Waals surface area contributed by atoms with Gasteiger partial charge in [0.15, 0.2) is 0 Å². The van der Waals surface area contributed by atoms with Crippen LogP contribution in [0.4, 0.5) is 0 Å². The zero-order chi connectivity index (χ0) is 9.45. The van der Waals surface area contributed by atoms with E-state index in [2.05, 4.69) is 25.5 Å². The maximum absolute atomic E-state index is 9.88. The Labute approximate surface area is 75.3 Å². The van der Waals surface area contributed by atoms with Crippen molar-refractivity contribution in [1.29, 1.82) is 0 Å². The highest BCUT2D eigenvalue weighted by molar-refractivity contribution is 5.36. The van der Waals surface area contributed by atoms with Crippen molar-refractivity contribution in [1.82, 2.24) is 0 Å². The summed E-state index contributed by atoms with van der Waals surface area (Å²) in [6.07, 6.45) is 4.67. The van der Waals surface area contributed by atoms with E-state index in [1.165, 1.54) is 19.3 Å². The van der Waals surface area contributed by atoms with Crippen LogP contribution in [0.1, 0.15) is 46.5 Å². The van der Waals surface area contributed by atoms with Gasteiger partial charge in [-0.05, 0) is 18.3 Å². The number of hydrogen-bond donors (Lipinski definition) is 0. The first-order valence-corrected chi connectivity index (χ1v) is 4.67. The van der Waals surface area contributed by atoms with Gasteiger partial charge in [-0.2, -0.15) is 0 Å². The Bertz CT molecular complexity index is 119. The molecule has 0 unspecified atom stereocenters. The van der Waals surface area contributed by atoms with Gasteiger partial charge in [-0.15, -0.1) is 0 Å². The fourth-order valence-electron chi connectivity index (χ4n) is 1.16. The molecule has 0 amide bonds. The third-order valence-electron chi connectivity index (χ3n) is 2.17. The van der Waals surface area contributed by atoms with Crippen LogP contribution in [0.3, 0.4) is 0 Å². The predicted octanol–water partition coefficient (Wildman–Crippen LogP) is 2.77. The monoisotopic (exact) mass is 172 g/mol. The largest absolute Gasteiger partial charge is 0.468 e. The van der Waals surface area contributed by atoms with Crippen LogP contribution in [0.25, 0.3) is 0 Å². The van der Waals surface area contributed by atoms with Crippen LogP contribution in [-0.2, 0) is 9.53 Å². The molecule has 0 saturated heterocycles. The lowest BCUT2D eigenvalue weighted by molar-refractivity contribution is -0.129. The van der Waals surface area contributed by atoms with Gasteiger partial charge in [0.2, 0.25) is 0 Å². The molecule has 0 fully saturated rings. The zero-order valence-electron chi connectivity index (χ0n) is 8.43. The number of ether oxygens (including phenoxy) is 1. The average molecular weight is 172 g/mol. The molecule has 0 aliphatic rings. The summed E-state index contributed by atoms with van der Waals surface area (Å²) in [5.74, 6) is 0. The molecule has 2 nitrogen and oxygen atoms in total. The molecule has 2 heteroatoms. The number of rotatable bonds is 7. The van der Waals surface area contributed by atoms with E-state index in [0.29, 0.717) is 18.5 Å². The van der Waals surface area contributed by atoms with Crippen LogP contribution in [0.15, 0.2) is 0 Å². The quantitative estimate of drug-likeness (QED) is 0.436. The Hall–Kier alpha value is -0.530. The number of carbonyl (C=O) groups excluding carboxylic acids is 1. The zero-order valence-corrected chi connectivity index (χ0v) is 8.43. The minimum absolute atomic E-state index is 0.318. The van der Waals surface area contributed by atoms with Crippen molar-refractivity contribution < 1.29 is 9.53 Å². The molecule has 0 aromatic rings. The average Bonchev–Trinajstić information content (AvgIpc) is 2.01. The molecule has 0 spiro atoms. The topological polar surface area (TPSA) is 26.3 Å². The minimum atomic E-state index is 0.318. The molecule has 0 radical (unpaired) electrons. The molecule has 0 aromatic carbocycles. The maximum atomic E-state index is 9.88. The third-order valence-corrected chi connectivity index (χ3v) is 2.17. The fraction of sp³-hybridized carbons (Fsp3) is 0.900. The van der Waals surface area contributed by atoms with Crippen LogP contribution < -0.4 is 0 Å². The molecule has 0 aliphatic heterocycles. The Balaban J connectivity index is 3.48. The molecular formula is C10H20O2. The van der Waals surface area contributed by atoms with Crippen LogP contribution in [0, 0.1) is 5.41 Å². The molecule has 0 bridgehead atoms. The summed E-state index contributed by atoms with van der Waals surface area (Å²) in [6, 6.07) is 0. The van der Waals surface area contributed by atoms with Crippen molar-refractivity contribution in [2.75, 3.05) is 6.61 Å². The van der Waals surface area contributed by atoms with Crippen molar-refractivity contribution in [3.63, 3.8) is 0 Å². The van der Waals surface area contributed by atoms with E-state index >= 15 is 0 Å². The van der Waals surface area contributed by atoms with Crippen molar-refractivity contribution in [3.05, 3.63) is 0 Å². The first-order chi connectivity index (χ1) is 5.62. The SMILES string of the molecule is CCCCC(C)(C)CCOC=O. The number of hydrogen-bond acceptors (Lipinski definition) is 2. The van der Waals surface area contributed by atoms with Crippen LogP contribution >= 0.6 is 0 Å². The Morgan fingerprint density at radius 1 is 1.33 bits per heavy atom. The predicted molar refractivity (Wildman–Crippen MR) is 49.9 cm³/mol. The second kappa shape index (κ2) is 6.04. The van der Waals surface area contributed by atoms with Gasteiger partial charge in [0.1, 0.15) is 0 Å². The summed E-state index contributed by atoms with van der Waals surface area (Å²) in [5.41, 5.74) is 0.318. The van der Waals surface area contributed by atoms with Gasteiger partial charge in [0.05, 0.1) is 6.61 Å². The number of carbonyl (C=O) groups is 1. The van der Waals surface area contributed by atoms with Crippen LogP contribution in [0.2, 0.25) is 0 Å². The van der Waals surface area contributed by atoms with E-state index in [1.807, 2.05) is 0 Å². The molecular weight excluding hydrogens is 152 g/mol. The molecule has 0 N–H and O–H groups in total. The Morgan fingerprint density at radius 3 is 2.50 bits per heavy atom. The summed E-state index contributed by atoms with van der Waals surface area (Å²) >= 11 is 0. The highest BCUT2D eigenvalue weighted by atomic mass is 16.5. The lowest BCUT2D eigenvalue weighted by atomic mass is 9.84. The smallest absolute Gasteiger partial charge is 0.293 e.